The first-order valence-corrected chi connectivity index (χ1v) is 5.13. The Morgan fingerprint density at radius 1 is 1.31 bits per heavy atom. The lowest BCUT2D eigenvalue weighted by Crippen LogP contribution is -2.41. The number of carboxylic acids is 1. The van der Waals surface area contributed by atoms with E-state index in [1.807, 2.05) is 0 Å². The third-order valence-electron chi connectivity index (χ3n) is 2.12. The zero-order valence-electron chi connectivity index (χ0n) is 9.82. The van der Waals surface area contributed by atoms with Crippen molar-refractivity contribution >= 4 is 17.9 Å². The lowest BCUT2D eigenvalue weighted by Gasteiger charge is -2.15. The van der Waals surface area contributed by atoms with Gasteiger partial charge in [-0.25, -0.2) is 4.79 Å². The van der Waals surface area contributed by atoms with E-state index in [4.69, 9.17) is 5.11 Å². The van der Waals surface area contributed by atoms with Crippen LogP contribution in [-0.4, -0.2) is 41.5 Å². The monoisotopic (exact) mass is 230 g/mol. The third kappa shape index (κ3) is 6.00. The zero-order valence-corrected chi connectivity index (χ0v) is 9.82. The molecule has 1 atom stereocenters. The number of urea groups is 1. The van der Waals surface area contributed by atoms with E-state index in [1.165, 1.54) is 4.90 Å². The molecule has 0 aromatic carbocycles. The van der Waals surface area contributed by atoms with E-state index in [9.17, 15) is 14.4 Å². The number of carbonyl (C=O) groups excluding carboxylic acids is 2. The van der Waals surface area contributed by atoms with E-state index in [-0.39, 0.29) is 18.8 Å². The Balaban J connectivity index is 3.99. The minimum absolute atomic E-state index is 0.0373. The molecule has 6 nitrogen and oxygen atoms in total. The van der Waals surface area contributed by atoms with Gasteiger partial charge in [0.2, 0.25) is 5.91 Å². The van der Waals surface area contributed by atoms with Crippen LogP contribution in [0.4, 0.5) is 4.79 Å². The summed E-state index contributed by atoms with van der Waals surface area (Å²) >= 11 is 0. The van der Waals surface area contributed by atoms with Crippen molar-refractivity contribution < 1.29 is 19.5 Å². The molecule has 0 spiro atoms. The van der Waals surface area contributed by atoms with Crippen molar-refractivity contribution in [1.29, 1.82) is 0 Å². The fourth-order valence-electron chi connectivity index (χ4n) is 1.10. The summed E-state index contributed by atoms with van der Waals surface area (Å²) in [6, 6.07) is -0.463. The number of hydrogen-bond donors (Lipinski definition) is 2. The summed E-state index contributed by atoms with van der Waals surface area (Å²) in [6.45, 7) is 3.95. The first-order valence-electron chi connectivity index (χ1n) is 5.13. The number of hydrogen-bond acceptors (Lipinski definition) is 3. The lowest BCUT2D eigenvalue weighted by molar-refractivity contribution is -0.138. The van der Waals surface area contributed by atoms with Gasteiger partial charge in [0.15, 0.2) is 0 Å². The smallest absolute Gasteiger partial charge is 0.323 e. The number of amides is 3. The normalized spacial score (nSPS) is 11.7. The van der Waals surface area contributed by atoms with Gasteiger partial charge in [-0.3, -0.25) is 14.9 Å². The number of imide groups is 1. The lowest BCUT2D eigenvalue weighted by atomic mass is 10.0. The minimum atomic E-state index is -0.947. The van der Waals surface area contributed by atoms with Gasteiger partial charge in [0.25, 0.3) is 0 Å². The van der Waals surface area contributed by atoms with Crippen LogP contribution in [0.15, 0.2) is 0 Å². The maximum atomic E-state index is 11.3. The van der Waals surface area contributed by atoms with Crippen molar-refractivity contribution in [3.63, 3.8) is 0 Å². The summed E-state index contributed by atoms with van der Waals surface area (Å²) in [7, 11) is 1.57. The SMILES string of the molecule is CCN(C)C(=O)NC(=O)CC(C)CC(=O)O. The van der Waals surface area contributed by atoms with Crippen LogP contribution in [0.3, 0.4) is 0 Å². The Hall–Kier alpha value is -1.59. The summed E-state index contributed by atoms with van der Waals surface area (Å²) < 4.78 is 0. The first kappa shape index (κ1) is 14.4. The van der Waals surface area contributed by atoms with Gasteiger partial charge in [0.05, 0.1) is 0 Å². The molecule has 0 radical (unpaired) electrons. The molecule has 6 heteroatoms. The molecule has 0 aromatic rings. The molecule has 2 N–H and O–H groups in total. The average Bonchev–Trinajstić information content (AvgIpc) is 2.14. The van der Waals surface area contributed by atoms with Gasteiger partial charge in [0.1, 0.15) is 0 Å². The molecule has 0 aliphatic carbocycles. The van der Waals surface area contributed by atoms with Gasteiger partial charge in [-0.1, -0.05) is 6.92 Å². The highest BCUT2D eigenvalue weighted by Gasteiger charge is 2.15. The predicted octanol–water partition coefficient (Wildman–Crippen LogP) is 0.675. The van der Waals surface area contributed by atoms with Crippen molar-refractivity contribution in [3.8, 4) is 0 Å². The fraction of sp³-hybridized carbons (Fsp3) is 0.700. The van der Waals surface area contributed by atoms with Crippen LogP contribution in [0, 0.1) is 5.92 Å². The number of nitrogens with one attached hydrogen (secondary N) is 1. The van der Waals surface area contributed by atoms with Gasteiger partial charge in [-0.2, -0.15) is 0 Å². The molecular weight excluding hydrogens is 212 g/mol. The van der Waals surface area contributed by atoms with E-state index in [1.54, 1.807) is 20.9 Å². The fourth-order valence-corrected chi connectivity index (χ4v) is 1.10. The quantitative estimate of drug-likeness (QED) is 0.727. The molecule has 0 bridgehead atoms. The van der Waals surface area contributed by atoms with Crippen molar-refractivity contribution in [3.05, 3.63) is 0 Å². The molecule has 0 aromatic heterocycles. The topological polar surface area (TPSA) is 86.7 Å². The molecule has 0 rings (SSSR count). The molecule has 3 amide bonds. The second-order valence-corrected chi connectivity index (χ2v) is 3.77. The molecule has 16 heavy (non-hydrogen) atoms. The Morgan fingerprint density at radius 3 is 2.31 bits per heavy atom. The third-order valence-corrected chi connectivity index (χ3v) is 2.12. The van der Waals surface area contributed by atoms with Gasteiger partial charge in [0, 0.05) is 26.4 Å². The Kier molecular flexibility index (Phi) is 6.14. The van der Waals surface area contributed by atoms with Crippen LogP contribution >= 0.6 is 0 Å². The van der Waals surface area contributed by atoms with E-state index >= 15 is 0 Å². The number of carbonyl (C=O) groups is 3. The summed E-state index contributed by atoms with van der Waals surface area (Å²) in [5, 5.41) is 10.7. The highest BCUT2D eigenvalue weighted by molar-refractivity contribution is 5.94. The standard InChI is InChI=1S/C10H18N2O4/c1-4-12(3)10(16)11-8(13)5-7(2)6-9(14)15/h7H,4-6H2,1-3H3,(H,14,15)(H,11,13,16). The van der Waals surface area contributed by atoms with E-state index in [0.717, 1.165) is 0 Å². The van der Waals surface area contributed by atoms with Crippen LogP contribution in [0.5, 0.6) is 0 Å². The molecule has 0 saturated heterocycles. The van der Waals surface area contributed by atoms with Crippen molar-refractivity contribution in [1.82, 2.24) is 10.2 Å². The van der Waals surface area contributed by atoms with Crippen molar-refractivity contribution in [2.75, 3.05) is 13.6 Å². The van der Waals surface area contributed by atoms with E-state index in [2.05, 4.69) is 5.32 Å². The van der Waals surface area contributed by atoms with Crippen LogP contribution in [0.1, 0.15) is 26.7 Å². The first-order chi connectivity index (χ1) is 7.36. The zero-order chi connectivity index (χ0) is 12.7. The average molecular weight is 230 g/mol. The summed E-state index contributed by atoms with van der Waals surface area (Å²) in [5.74, 6) is -1.67. The second kappa shape index (κ2) is 6.81. The Labute approximate surface area is 94.6 Å². The molecule has 1 unspecified atom stereocenters. The maximum absolute atomic E-state index is 11.3. The van der Waals surface area contributed by atoms with Gasteiger partial charge >= 0.3 is 12.0 Å². The number of rotatable bonds is 5. The summed E-state index contributed by atoms with van der Waals surface area (Å²) in [4.78, 5) is 34.3. The molecule has 0 aliphatic heterocycles. The van der Waals surface area contributed by atoms with Crippen molar-refractivity contribution in [2.24, 2.45) is 5.92 Å². The van der Waals surface area contributed by atoms with E-state index in [0.29, 0.717) is 6.54 Å². The van der Waals surface area contributed by atoms with Crippen LogP contribution in [0.2, 0.25) is 0 Å². The molecule has 0 aliphatic rings. The molecule has 92 valence electrons. The Bertz CT molecular complexity index is 278. The van der Waals surface area contributed by atoms with Gasteiger partial charge < -0.3 is 10.0 Å². The highest BCUT2D eigenvalue weighted by Crippen LogP contribution is 2.06. The predicted molar refractivity (Wildman–Crippen MR) is 57.9 cm³/mol. The number of nitrogens with zero attached hydrogens (tertiary/aromatic N) is 1. The maximum Gasteiger partial charge on any atom is 0.323 e. The summed E-state index contributed by atoms with van der Waals surface area (Å²) in [5.41, 5.74) is 0. The van der Waals surface area contributed by atoms with Crippen LogP contribution in [-0.2, 0) is 9.59 Å². The largest absolute Gasteiger partial charge is 0.481 e. The molecule has 0 saturated carbocycles. The molecule has 0 fully saturated rings. The van der Waals surface area contributed by atoms with Gasteiger partial charge in [-0.05, 0) is 12.8 Å². The number of aliphatic carboxylic acids is 1. The highest BCUT2D eigenvalue weighted by atomic mass is 16.4. The van der Waals surface area contributed by atoms with Crippen LogP contribution in [0.25, 0.3) is 0 Å². The molecular formula is C10H18N2O4. The molecule has 0 heterocycles. The Morgan fingerprint density at radius 2 is 1.88 bits per heavy atom. The van der Waals surface area contributed by atoms with E-state index < -0.39 is 17.9 Å². The number of carboxylic acid groups (broad SMARTS) is 1. The minimum Gasteiger partial charge on any atom is -0.481 e. The summed E-state index contributed by atoms with van der Waals surface area (Å²) in [6.07, 6.45) is -0.0409. The van der Waals surface area contributed by atoms with Crippen molar-refractivity contribution in [2.45, 2.75) is 26.7 Å². The van der Waals surface area contributed by atoms with Crippen LogP contribution < -0.4 is 5.32 Å². The van der Waals surface area contributed by atoms with Gasteiger partial charge in [-0.15, -0.1) is 0 Å². The second-order valence-electron chi connectivity index (χ2n) is 3.77.